The second-order valence-corrected chi connectivity index (χ2v) is 5.29. The van der Waals surface area contributed by atoms with Crippen molar-refractivity contribution in [3.05, 3.63) is 22.2 Å². The molecule has 0 spiro atoms. The number of rotatable bonds is 4. The molecule has 0 saturated carbocycles. The molecule has 0 aliphatic rings. The Hall–Kier alpha value is -0.670. The topological polar surface area (TPSA) is 35.0 Å². The predicted octanol–water partition coefficient (Wildman–Crippen LogP) is 3.83. The molecule has 0 saturated heterocycles. The molecule has 17 heavy (non-hydrogen) atoms. The Bertz CT molecular complexity index is 379. The van der Waals surface area contributed by atoms with Crippen molar-refractivity contribution in [2.75, 3.05) is 6.61 Å². The normalized spacial score (nSPS) is 12.2. The van der Waals surface area contributed by atoms with Crippen molar-refractivity contribution in [2.24, 2.45) is 0 Å². The zero-order valence-electron chi connectivity index (χ0n) is 11.5. The highest BCUT2D eigenvalue weighted by Gasteiger charge is 2.26. The van der Waals surface area contributed by atoms with Gasteiger partial charge in [-0.25, -0.2) is 9.97 Å². The molecule has 0 unspecified atom stereocenters. The fourth-order valence-corrected chi connectivity index (χ4v) is 2.33. The van der Waals surface area contributed by atoms with Gasteiger partial charge in [0.2, 0.25) is 0 Å². The molecule has 0 amide bonds. The molecule has 0 aliphatic heterocycles. The highest BCUT2D eigenvalue weighted by molar-refractivity contribution is 6.30. The Morgan fingerprint density at radius 1 is 1.29 bits per heavy atom. The maximum Gasteiger partial charge on any atom is 0.161 e. The molecule has 1 heterocycles. The third-order valence-corrected chi connectivity index (χ3v) is 3.00. The minimum atomic E-state index is -0.501. The van der Waals surface area contributed by atoms with E-state index in [1.54, 1.807) is 0 Å². The Kier molecular flexibility index (Phi) is 4.50. The highest BCUT2D eigenvalue weighted by atomic mass is 35.5. The van der Waals surface area contributed by atoms with Gasteiger partial charge in [0.1, 0.15) is 10.8 Å². The molecule has 1 aromatic heterocycles. The van der Waals surface area contributed by atoms with Crippen molar-refractivity contribution in [2.45, 2.75) is 53.1 Å². The first-order valence-electron chi connectivity index (χ1n) is 5.98. The van der Waals surface area contributed by atoms with E-state index in [2.05, 4.69) is 23.8 Å². The van der Waals surface area contributed by atoms with Gasteiger partial charge in [-0.05, 0) is 33.6 Å². The van der Waals surface area contributed by atoms with E-state index in [0.29, 0.717) is 23.5 Å². The van der Waals surface area contributed by atoms with Crippen LogP contribution in [0.15, 0.2) is 0 Å². The summed E-state index contributed by atoms with van der Waals surface area (Å²) < 4.78 is 5.64. The molecule has 0 N–H and O–H groups in total. The smallest absolute Gasteiger partial charge is 0.161 e. The van der Waals surface area contributed by atoms with E-state index in [4.69, 9.17) is 16.3 Å². The minimum absolute atomic E-state index is 0.326. The van der Waals surface area contributed by atoms with E-state index in [9.17, 15) is 0 Å². The Labute approximate surface area is 109 Å². The number of nitrogens with zero attached hydrogens (tertiary/aromatic N) is 2. The quantitative estimate of drug-likeness (QED) is 0.768. The number of aromatic nitrogens is 2. The minimum Gasteiger partial charge on any atom is -0.368 e. The standard InChI is InChI=1S/C13H21ClN2O/c1-7-17-13(5,6)12-15-9(4)10(8(2)3)11(14)16-12/h8H,7H2,1-6H3. The van der Waals surface area contributed by atoms with Gasteiger partial charge in [0.05, 0.1) is 0 Å². The van der Waals surface area contributed by atoms with Crippen LogP contribution in [0.1, 0.15) is 57.6 Å². The zero-order chi connectivity index (χ0) is 13.2. The van der Waals surface area contributed by atoms with Gasteiger partial charge in [-0.1, -0.05) is 25.4 Å². The molecule has 0 aliphatic carbocycles. The third kappa shape index (κ3) is 3.17. The van der Waals surface area contributed by atoms with Gasteiger partial charge < -0.3 is 4.74 Å². The molecule has 0 fully saturated rings. The summed E-state index contributed by atoms with van der Waals surface area (Å²) in [5.74, 6) is 0.970. The van der Waals surface area contributed by atoms with Crippen molar-refractivity contribution < 1.29 is 4.74 Å². The summed E-state index contributed by atoms with van der Waals surface area (Å²) in [7, 11) is 0. The van der Waals surface area contributed by atoms with E-state index < -0.39 is 5.60 Å². The SMILES string of the molecule is CCOC(C)(C)c1nc(C)c(C(C)C)c(Cl)n1. The van der Waals surface area contributed by atoms with Gasteiger partial charge in [0, 0.05) is 17.9 Å². The van der Waals surface area contributed by atoms with E-state index in [-0.39, 0.29) is 0 Å². The first-order chi connectivity index (χ1) is 7.79. The van der Waals surface area contributed by atoms with Crippen LogP contribution in [0.4, 0.5) is 0 Å². The van der Waals surface area contributed by atoms with Gasteiger partial charge in [-0.15, -0.1) is 0 Å². The Balaban J connectivity index is 3.23. The summed E-state index contributed by atoms with van der Waals surface area (Å²) in [6.07, 6.45) is 0. The van der Waals surface area contributed by atoms with Crippen LogP contribution in [0, 0.1) is 6.92 Å². The molecule has 0 atom stereocenters. The molecule has 0 aromatic carbocycles. The van der Waals surface area contributed by atoms with Crippen LogP contribution in [0.25, 0.3) is 0 Å². The van der Waals surface area contributed by atoms with E-state index in [0.717, 1.165) is 11.3 Å². The second-order valence-electron chi connectivity index (χ2n) is 4.94. The van der Waals surface area contributed by atoms with Crippen molar-refractivity contribution in [1.82, 2.24) is 9.97 Å². The molecular weight excluding hydrogens is 236 g/mol. The number of halogens is 1. The lowest BCUT2D eigenvalue weighted by molar-refractivity contribution is -0.0209. The summed E-state index contributed by atoms with van der Waals surface area (Å²) >= 11 is 6.23. The lowest BCUT2D eigenvalue weighted by Crippen LogP contribution is -2.25. The predicted molar refractivity (Wildman–Crippen MR) is 70.5 cm³/mol. The largest absolute Gasteiger partial charge is 0.368 e. The van der Waals surface area contributed by atoms with Crippen LogP contribution >= 0.6 is 11.6 Å². The number of hydrogen-bond acceptors (Lipinski definition) is 3. The van der Waals surface area contributed by atoms with E-state index in [1.807, 2.05) is 27.7 Å². The molecule has 1 rings (SSSR count). The molecule has 96 valence electrons. The summed E-state index contributed by atoms with van der Waals surface area (Å²) in [5.41, 5.74) is 1.45. The molecular formula is C13H21ClN2O. The molecule has 1 aromatic rings. The molecule has 3 nitrogen and oxygen atoms in total. The van der Waals surface area contributed by atoms with Gasteiger partial charge in [-0.2, -0.15) is 0 Å². The van der Waals surface area contributed by atoms with E-state index in [1.165, 1.54) is 0 Å². The van der Waals surface area contributed by atoms with Crippen LogP contribution in [-0.4, -0.2) is 16.6 Å². The van der Waals surface area contributed by atoms with E-state index >= 15 is 0 Å². The highest BCUT2D eigenvalue weighted by Crippen LogP contribution is 2.29. The number of aryl methyl sites for hydroxylation is 1. The van der Waals surface area contributed by atoms with Crippen LogP contribution in [0.5, 0.6) is 0 Å². The third-order valence-electron chi connectivity index (χ3n) is 2.71. The average molecular weight is 257 g/mol. The summed E-state index contributed by atoms with van der Waals surface area (Å²) in [6.45, 7) is 12.6. The number of ether oxygens (including phenoxy) is 1. The maximum absolute atomic E-state index is 6.23. The van der Waals surface area contributed by atoms with Crippen molar-refractivity contribution >= 4 is 11.6 Å². The monoisotopic (exact) mass is 256 g/mol. The molecule has 0 radical (unpaired) electrons. The molecule has 4 heteroatoms. The van der Waals surface area contributed by atoms with Gasteiger partial charge in [0.25, 0.3) is 0 Å². The molecule has 0 bridgehead atoms. The summed E-state index contributed by atoms with van der Waals surface area (Å²) in [4.78, 5) is 8.90. The zero-order valence-corrected chi connectivity index (χ0v) is 12.2. The lowest BCUT2D eigenvalue weighted by atomic mass is 10.0. The van der Waals surface area contributed by atoms with Crippen LogP contribution < -0.4 is 0 Å². The fourth-order valence-electron chi connectivity index (χ4n) is 1.90. The Morgan fingerprint density at radius 2 is 1.88 bits per heavy atom. The average Bonchev–Trinajstić information content (AvgIpc) is 2.15. The maximum atomic E-state index is 6.23. The first-order valence-corrected chi connectivity index (χ1v) is 6.35. The van der Waals surface area contributed by atoms with Crippen molar-refractivity contribution in [3.8, 4) is 0 Å². The fraction of sp³-hybridized carbons (Fsp3) is 0.692. The second kappa shape index (κ2) is 5.32. The summed E-state index contributed by atoms with van der Waals surface area (Å²) in [5, 5.41) is 0.537. The summed E-state index contributed by atoms with van der Waals surface area (Å²) in [6, 6.07) is 0. The lowest BCUT2D eigenvalue weighted by Gasteiger charge is -2.24. The van der Waals surface area contributed by atoms with Crippen LogP contribution in [0.2, 0.25) is 5.15 Å². The Morgan fingerprint density at radius 3 is 2.29 bits per heavy atom. The first kappa shape index (κ1) is 14.4. The van der Waals surface area contributed by atoms with Crippen LogP contribution in [0.3, 0.4) is 0 Å². The van der Waals surface area contributed by atoms with Crippen molar-refractivity contribution in [3.63, 3.8) is 0 Å². The number of hydrogen-bond donors (Lipinski definition) is 0. The van der Waals surface area contributed by atoms with Crippen molar-refractivity contribution in [1.29, 1.82) is 0 Å². The van der Waals surface area contributed by atoms with Gasteiger partial charge in [0.15, 0.2) is 5.82 Å². The van der Waals surface area contributed by atoms with Gasteiger partial charge in [-0.3, -0.25) is 0 Å². The van der Waals surface area contributed by atoms with Crippen LogP contribution in [-0.2, 0) is 10.3 Å². The van der Waals surface area contributed by atoms with Gasteiger partial charge >= 0.3 is 0 Å².